The van der Waals surface area contributed by atoms with Crippen LogP contribution in [0, 0.1) is 0 Å². The molecule has 23 heteroatoms. The van der Waals surface area contributed by atoms with E-state index in [0.717, 1.165) is 50.9 Å². The van der Waals surface area contributed by atoms with E-state index >= 15 is 0 Å². The van der Waals surface area contributed by atoms with Crippen molar-refractivity contribution in [2.75, 3.05) is 26.2 Å². The van der Waals surface area contributed by atoms with Gasteiger partial charge in [-0.05, 0) is 86.9 Å². The van der Waals surface area contributed by atoms with Gasteiger partial charge in [0.2, 0.25) is 5.91 Å². The first-order valence-corrected chi connectivity index (χ1v) is 31.5. The van der Waals surface area contributed by atoms with Gasteiger partial charge in [-0.25, -0.2) is 4.79 Å². The number of hydroxylamine groups is 2. The second-order valence-corrected chi connectivity index (χ2v) is 31.1. The summed E-state index contributed by atoms with van der Waals surface area (Å²) < 4.78 is 52.2. The van der Waals surface area contributed by atoms with E-state index in [9.17, 15) is 19.2 Å². The van der Waals surface area contributed by atoms with Crippen molar-refractivity contribution in [3.63, 3.8) is 0 Å². The van der Waals surface area contributed by atoms with E-state index in [1.165, 1.54) is 19.4 Å². The lowest BCUT2D eigenvalue weighted by molar-refractivity contribution is -0.195. The van der Waals surface area contributed by atoms with Gasteiger partial charge >= 0.3 is 32.4 Å². The maximum absolute atomic E-state index is 10.7. The number of nitrogens with zero attached hydrogens (tertiary/aromatic N) is 1. The van der Waals surface area contributed by atoms with Crippen LogP contribution in [0.3, 0.4) is 0 Å². The number of rotatable bonds is 14. The Hall–Kier alpha value is -1.53. The molecule has 7 rings (SSSR count). The lowest BCUT2D eigenvalue weighted by atomic mass is 10.1. The summed E-state index contributed by atoms with van der Waals surface area (Å²) >= 11 is 0. The van der Waals surface area contributed by atoms with E-state index < -0.39 is 52.3 Å². The van der Waals surface area contributed by atoms with Crippen LogP contribution in [0.15, 0.2) is 0 Å². The molecule has 7 N–H and O–H groups in total. The summed E-state index contributed by atoms with van der Waals surface area (Å²) in [5.74, 6) is -1.57. The first-order valence-electron chi connectivity index (χ1n) is 22.0. The van der Waals surface area contributed by atoms with E-state index in [-0.39, 0.29) is 73.7 Å². The fourth-order valence-electron chi connectivity index (χ4n) is 7.85. The van der Waals surface area contributed by atoms with E-state index in [2.05, 4.69) is 57.5 Å². The van der Waals surface area contributed by atoms with Crippen LogP contribution in [0.5, 0.6) is 0 Å². The molecule has 7 saturated heterocycles. The molecule has 6 unspecified atom stereocenters. The minimum Gasteiger partial charge on any atom is -0.368 e. The van der Waals surface area contributed by atoms with Crippen molar-refractivity contribution in [1.82, 2.24) is 10.4 Å². The molecule has 0 aromatic carbocycles. The average molecular weight is 940 g/mol. The lowest BCUT2D eigenvalue weighted by Gasteiger charge is -2.26. The molecule has 6 atom stereocenters. The first kappa shape index (κ1) is 53.8. The van der Waals surface area contributed by atoms with Crippen LogP contribution in [0.25, 0.3) is 0 Å². The van der Waals surface area contributed by atoms with Crippen molar-refractivity contribution >= 4 is 58.2 Å². The van der Waals surface area contributed by atoms with Gasteiger partial charge in [-0.15, -0.1) is 5.06 Å². The first-order chi connectivity index (χ1) is 28.5. The molecule has 7 aliphatic rings. The Morgan fingerprint density at radius 2 is 0.934 bits per heavy atom. The van der Waals surface area contributed by atoms with Crippen LogP contribution >= 0.6 is 0 Å². The maximum atomic E-state index is 10.7. The van der Waals surface area contributed by atoms with Gasteiger partial charge in [-0.2, -0.15) is 0 Å². The van der Waals surface area contributed by atoms with Gasteiger partial charge in [0.1, 0.15) is 0 Å². The average Bonchev–Trinajstić information content (AvgIpc) is 4.03. The summed E-state index contributed by atoms with van der Waals surface area (Å²) in [7, 11) is -7.66. The number of hydrogen-bond acceptors (Lipinski definition) is 17. The van der Waals surface area contributed by atoms with Crippen molar-refractivity contribution < 1.29 is 63.8 Å². The van der Waals surface area contributed by atoms with Gasteiger partial charge in [0, 0.05) is 59.4 Å². The number of nitrogens with one attached hydrogen (secondary N) is 1. The molecular formula is C38H77N5O14Si4. The molecule has 61 heavy (non-hydrogen) atoms. The molecule has 354 valence electrons. The quantitative estimate of drug-likeness (QED) is 0.111. The lowest BCUT2D eigenvalue weighted by Crippen LogP contribution is -2.44. The van der Waals surface area contributed by atoms with Gasteiger partial charge < -0.3 is 67.2 Å². The van der Waals surface area contributed by atoms with Crippen LogP contribution in [0.1, 0.15) is 93.9 Å². The zero-order valence-corrected chi connectivity index (χ0v) is 42.5. The van der Waals surface area contributed by atoms with Crippen molar-refractivity contribution in [1.29, 1.82) is 0 Å². The van der Waals surface area contributed by atoms with Gasteiger partial charge in [0.05, 0.1) is 54.9 Å². The predicted octanol–water partition coefficient (Wildman–Crippen LogP) is 2.95. The Morgan fingerprint density at radius 1 is 0.607 bits per heavy atom. The number of carbonyl (C=O) groups is 4. The number of amides is 3. The molecule has 0 aliphatic carbocycles. The highest BCUT2D eigenvalue weighted by molar-refractivity contribution is 6.76. The molecule has 7 fully saturated rings. The van der Waals surface area contributed by atoms with Crippen LogP contribution in [0.4, 0.5) is 0 Å². The number of fused-ring (bicyclic) bond motifs is 6. The fraction of sp³-hybridized carbons (Fsp3) is 0.895. The van der Waals surface area contributed by atoms with Crippen LogP contribution in [-0.4, -0.2) is 144 Å². The minimum absolute atomic E-state index is 0.000576. The highest BCUT2D eigenvalue weighted by atomic mass is 28.4. The Morgan fingerprint density at radius 3 is 1.18 bits per heavy atom. The number of carbonyl (C=O) groups excluding carboxylic acids is 4. The number of hydrogen-bond donors (Lipinski definition) is 4. The van der Waals surface area contributed by atoms with Gasteiger partial charge in [0.25, 0.3) is 11.8 Å². The standard InChI is InChI=1S/C10H19NO4Si.2C8H17NO3Si.C6H7NO4.C6H17NSi/c1-7-10-8(2)14-16(13-7,15-10)6-4-5-11-9(3)12;2*1-6-8-7(2)11-13(10-6,12-8)5-3-4-9;1-4(8)11-7-5(9)2-3-6(7)10;1-8(2,3)6-4-5-7/h7-8,10H,4-6H2,1-3H3,(H,11,12);2*6-8H,3-5,9H2,1-2H3;2-3H2,1H3;4-7H2,1-3H3. The van der Waals surface area contributed by atoms with Gasteiger partial charge in [0.15, 0.2) is 0 Å². The fourth-order valence-corrected chi connectivity index (χ4v) is 19.2. The zero-order chi connectivity index (χ0) is 45.8. The largest absolute Gasteiger partial charge is 0.502 e. The highest BCUT2D eigenvalue weighted by Crippen LogP contribution is 2.42. The van der Waals surface area contributed by atoms with E-state index in [1.54, 1.807) is 0 Å². The Labute approximate surface area is 367 Å². The molecule has 0 saturated carbocycles. The summed E-state index contributed by atoms with van der Waals surface area (Å²) in [6.45, 7) is 25.0. The van der Waals surface area contributed by atoms with Crippen LogP contribution < -0.4 is 22.5 Å². The minimum atomic E-state index is -2.38. The monoisotopic (exact) mass is 939 g/mol. The van der Waals surface area contributed by atoms with Crippen molar-refractivity contribution in [3.05, 3.63) is 0 Å². The third-order valence-corrected chi connectivity index (χ3v) is 21.7. The molecule has 7 aliphatic heterocycles. The molecule has 0 spiro atoms. The molecule has 0 aromatic rings. The SMILES string of the molecule is CC(=O)NCCC[Si]12OC(C)C(O1)C(C)O2.CC(=O)ON1C(=O)CCC1=O.CC1O[Si]2(CCCN)OC(C)C1O2.CC1O[Si]2(CCCN)OC(C)C1O2.C[Si](C)(C)CCCN. The highest BCUT2D eigenvalue weighted by Gasteiger charge is 2.62. The third-order valence-electron chi connectivity index (χ3n) is 10.7. The van der Waals surface area contributed by atoms with Crippen molar-refractivity contribution in [2.45, 2.75) is 193 Å². The molecular weight excluding hydrogens is 863 g/mol. The second-order valence-electron chi connectivity index (χ2n) is 17.7. The van der Waals surface area contributed by atoms with Gasteiger partial charge in [-0.3, -0.25) is 14.4 Å². The molecule has 6 bridgehead atoms. The Balaban J connectivity index is 0.000000207. The Kier molecular flexibility index (Phi) is 21.3. The summed E-state index contributed by atoms with van der Waals surface area (Å²) in [4.78, 5) is 46.9. The third kappa shape index (κ3) is 16.1. The summed E-state index contributed by atoms with van der Waals surface area (Å²) in [5.41, 5.74) is 16.3. The zero-order valence-electron chi connectivity index (χ0n) is 38.5. The molecule has 0 radical (unpaired) electrons. The van der Waals surface area contributed by atoms with Crippen molar-refractivity contribution in [2.24, 2.45) is 17.2 Å². The van der Waals surface area contributed by atoms with E-state index in [4.69, 9.17) is 57.0 Å². The van der Waals surface area contributed by atoms with E-state index in [1.807, 2.05) is 13.8 Å². The number of imide groups is 1. The summed E-state index contributed by atoms with van der Waals surface area (Å²) in [6.07, 6.45) is 5.71. The summed E-state index contributed by atoms with van der Waals surface area (Å²) in [6, 6.07) is 3.91. The van der Waals surface area contributed by atoms with Crippen LogP contribution in [0.2, 0.25) is 43.8 Å². The van der Waals surface area contributed by atoms with Gasteiger partial charge in [-0.1, -0.05) is 25.7 Å². The topological polar surface area (TPSA) is 254 Å². The second kappa shape index (κ2) is 24.1. The molecule has 7 heterocycles. The predicted molar refractivity (Wildman–Crippen MR) is 235 cm³/mol. The normalized spacial score (nSPS) is 36.3. The summed E-state index contributed by atoms with van der Waals surface area (Å²) in [5, 5.41) is 3.28. The van der Waals surface area contributed by atoms with E-state index in [0.29, 0.717) is 24.7 Å². The smallest absolute Gasteiger partial charge is 0.368 e. The van der Waals surface area contributed by atoms with Crippen LogP contribution in [-0.2, 0) is 63.8 Å². The number of nitrogens with two attached hydrogens (primary N) is 3. The molecule has 19 nitrogen and oxygen atoms in total. The Bertz CT molecular complexity index is 1340. The van der Waals surface area contributed by atoms with Crippen molar-refractivity contribution in [3.8, 4) is 0 Å². The maximum Gasteiger partial charge on any atom is 0.502 e. The molecule has 3 amide bonds. The molecule has 0 aromatic heterocycles.